The fourth-order valence-corrected chi connectivity index (χ4v) is 4.49. The number of esters is 1. The van der Waals surface area contributed by atoms with E-state index in [2.05, 4.69) is 17.9 Å². The highest BCUT2D eigenvalue weighted by molar-refractivity contribution is 5.90. The minimum absolute atomic E-state index is 0.213. The second-order valence-corrected chi connectivity index (χ2v) is 11.0. The minimum Gasteiger partial charge on any atom is -0.496 e. The molecule has 2 aromatic rings. The van der Waals surface area contributed by atoms with Crippen molar-refractivity contribution >= 4 is 11.9 Å². The number of methoxy groups -OCH3 is 1. The van der Waals surface area contributed by atoms with Crippen LogP contribution in [0.25, 0.3) is 11.1 Å². The van der Waals surface area contributed by atoms with Crippen molar-refractivity contribution in [1.82, 2.24) is 14.7 Å². The molecule has 0 spiro atoms. The molecular weight excluding hydrogens is 502 g/mol. The Labute approximate surface area is 242 Å². The summed E-state index contributed by atoms with van der Waals surface area (Å²) >= 11 is 0. The fourth-order valence-electron chi connectivity index (χ4n) is 4.49. The van der Waals surface area contributed by atoms with Gasteiger partial charge in [0.2, 0.25) is 5.91 Å². The van der Waals surface area contributed by atoms with Gasteiger partial charge in [-0.05, 0) is 70.0 Å². The summed E-state index contributed by atoms with van der Waals surface area (Å²) in [6, 6.07) is 13.5. The summed E-state index contributed by atoms with van der Waals surface area (Å²) in [5.41, 5.74) is 3.44. The second-order valence-electron chi connectivity index (χ2n) is 11.0. The first kappa shape index (κ1) is 33.3. The molecule has 0 aliphatic rings. The molecule has 0 bridgehead atoms. The van der Waals surface area contributed by atoms with Crippen LogP contribution < -0.4 is 4.74 Å². The molecule has 2 rings (SSSR count). The first-order valence-corrected chi connectivity index (χ1v) is 14.8. The molecule has 0 aliphatic heterocycles. The van der Waals surface area contributed by atoms with Gasteiger partial charge in [0.15, 0.2) is 0 Å². The van der Waals surface area contributed by atoms with Gasteiger partial charge in [0.1, 0.15) is 12.4 Å². The van der Waals surface area contributed by atoms with Crippen LogP contribution >= 0.6 is 0 Å². The predicted molar refractivity (Wildman–Crippen MR) is 164 cm³/mol. The molecule has 40 heavy (non-hydrogen) atoms. The molecule has 0 unspecified atom stereocenters. The van der Waals surface area contributed by atoms with Gasteiger partial charge in [-0.25, -0.2) is 4.79 Å². The normalized spacial score (nSPS) is 11.2. The van der Waals surface area contributed by atoms with Crippen molar-refractivity contribution in [3.63, 3.8) is 0 Å². The average molecular weight is 554 g/mol. The number of unbranched alkanes of at least 4 members (excludes halogenated alkanes) is 6. The van der Waals surface area contributed by atoms with Gasteiger partial charge in [0.05, 0.1) is 12.7 Å². The number of carbonyl (C=O) groups is 2. The Morgan fingerprint density at radius 1 is 0.775 bits per heavy atom. The Kier molecular flexibility index (Phi) is 15.4. The van der Waals surface area contributed by atoms with Crippen LogP contribution in [0.3, 0.4) is 0 Å². The lowest BCUT2D eigenvalue weighted by Gasteiger charge is -2.25. The Balaban J connectivity index is 2.10. The molecule has 0 atom stereocenters. The lowest BCUT2D eigenvalue weighted by Crippen LogP contribution is -2.36. The van der Waals surface area contributed by atoms with Crippen molar-refractivity contribution in [2.75, 3.05) is 61.5 Å². The summed E-state index contributed by atoms with van der Waals surface area (Å²) < 4.78 is 11.0. The van der Waals surface area contributed by atoms with Gasteiger partial charge >= 0.3 is 5.97 Å². The largest absolute Gasteiger partial charge is 0.496 e. The third-order valence-corrected chi connectivity index (χ3v) is 7.00. The molecule has 0 heterocycles. The monoisotopic (exact) mass is 553 g/mol. The number of rotatable bonds is 19. The maximum Gasteiger partial charge on any atom is 0.338 e. The Morgan fingerprint density at radius 2 is 1.43 bits per heavy atom. The molecule has 7 nitrogen and oxygen atoms in total. The molecule has 0 aliphatic carbocycles. The van der Waals surface area contributed by atoms with Crippen molar-refractivity contribution in [2.24, 2.45) is 0 Å². The summed E-state index contributed by atoms with van der Waals surface area (Å²) in [4.78, 5) is 31.7. The smallest absolute Gasteiger partial charge is 0.338 e. The number of benzene rings is 2. The zero-order chi connectivity index (χ0) is 29.3. The second kappa shape index (κ2) is 18.4. The molecule has 0 N–H and O–H groups in total. The zero-order valence-corrected chi connectivity index (χ0v) is 25.7. The van der Waals surface area contributed by atoms with Crippen molar-refractivity contribution < 1.29 is 19.1 Å². The maximum atomic E-state index is 13.2. The van der Waals surface area contributed by atoms with E-state index in [1.54, 1.807) is 19.2 Å². The van der Waals surface area contributed by atoms with Crippen LogP contribution in [-0.2, 0) is 16.1 Å². The Hall–Kier alpha value is -2.90. The number of likely N-dealkylation sites (N-methyl/N-ethyl adjacent to an activating group) is 2. The summed E-state index contributed by atoms with van der Waals surface area (Å²) in [6.07, 6.45) is 8.97. The highest BCUT2D eigenvalue weighted by Crippen LogP contribution is 2.32. The van der Waals surface area contributed by atoms with Crippen LogP contribution in [0.5, 0.6) is 5.75 Å². The molecular formula is C33H51N3O4. The number of hydrogen-bond acceptors (Lipinski definition) is 6. The SMILES string of the molecule is CCCCCCCCCC(=O)N(CCN(C)C)Cc1ccc(OC)c(-c2ccc(C(=O)OCCN(C)C)cc2)c1. The molecule has 0 saturated carbocycles. The van der Waals surface area contributed by atoms with E-state index in [-0.39, 0.29) is 11.9 Å². The summed E-state index contributed by atoms with van der Waals surface area (Å²) in [7, 11) is 9.61. The van der Waals surface area contributed by atoms with E-state index in [1.165, 1.54) is 32.1 Å². The summed E-state index contributed by atoms with van der Waals surface area (Å²) in [6.45, 7) is 5.32. The molecule has 1 amide bonds. The third kappa shape index (κ3) is 12.1. The van der Waals surface area contributed by atoms with Gasteiger partial charge in [-0.15, -0.1) is 0 Å². The third-order valence-electron chi connectivity index (χ3n) is 7.00. The standard InChI is InChI=1S/C33H51N3O4/c1-7-8-9-10-11-12-13-14-32(37)36(22-21-34(2)3)26-27-15-20-31(39-6)30(25-27)28-16-18-29(19-17-28)33(38)40-24-23-35(4)5/h15-20,25H,7-14,21-24,26H2,1-6H3. The quantitative estimate of drug-likeness (QED) is 0.154. The van der Waals surface area contributed by atoms with Crippen molar-refractivity contribution in [2.45, 2.75) is 64.8 Å². The summed E-state index contributed by atoms with van der Waals surface area (Å²) in [5, 5.41) is 0. The number of nitrogens with zero attached hydrogens (tertiary/aromatic N) is 3. The van der Waals surface area contributed by atoms with Crippen LogP contribution in [0.4, 0.5) is 0 Å². The van der Waals surface area contributed by atoms with E-state index in [0.717, 1.165) is 41.8 Å². The number of amides is 1. The Bertz CT molecular complexity index is 1020. The van der Waals surface area contributed by atoms with Crippen LogP contribution in [0, 0.1) is 0 Å². The number of hydrogen-bond donors (Lipinski definition) is 0. The molecule has 0 radical (unpaired) electrons. The van der Waals surface area contributed by atoms with Crippen molar-refractivity contribution in [1.29, 1.82) is 0 Å². The topological polar surface area (TPSA) is 62.3 Å². The maximum absolute atomic E-state index is 13.2. The molecule has 7 heteroatoms. The zero-order valence-electron chi connectivity index (χ0n) is 25.7. The highest BCUT2D eigenvalue weighted by atomic mass is 16.5. The van der Waals surface area contributed by atoms with E-state index in [4.69, 9.17) is 9.47 Å². The molecule has 0 fully saturated rings. The highest BCUT2D eigenvalue weighted by Gasteiger charge is 2.16. The van der Waals surface area contributed by atoms with Gasteiger partial charge in [-0.2, -0.15) is 0 Å². The first-order valence-electron chi connectivity index (χ1n) is 14.8. The van der Waals surface area contributed by atoms with Crippen LogP contribution in [0.15, 0.2) is 42.5 Å². The van der Waals surface area contributed by atoms with E-state index in [0.29, 0.717) is 38.2 Å². The van der Waals surface area contributed by atoms with Crippen molar-refractivity contribution in [3.05, 3.63) is 53.6 Å². The molecule has 2 aromatic carbocycles. The minimum atomic E-state index is -0.329. The molecule has 222 valence electrons. The van der Waals surface area contributed by atoms with E-state index in [9.17, 15) is 9.59 Å². The summed E-state index contributed by atoms with van der Waals surface area (Å²) in [5.74, 6) is 0.634. The van der Waals surface area contributed by atoms with Crippen molar-refractivity contribution in [3.8, 4) is 16.9 Å². The first-order chi connectivity index (χ1) is 19.2. The van der Waals surface area contributed by atoms with Gasteiger partial charge in [-0.3, -0.25) is 4.79 Å². The predicted octanol–water partition coefficient (Wildman–Crippen LogP) is 6.11. The van der Waals surface area contributed by atoms with Gasteiger partial charge < -0.3 is 24.2 Å². The average Bonchev–Trinajstić information content (AvgIpc) is 2.94. The fraction of sp³-hybridized carbons (Fsp3) is 0.576. The Morgan fingerprint density at radius 3 is 2.05 bits per heavy atom. The van der Waals surface area contributed by atoms with Gasteiger partial charge in [0, 0.05) is 38.2 Å². The number of ether oxygens (including phenoxy) is 2. The molecule has 0 aromatic heterocycles. The molecule has 0 saturated heterocycles. The van der Waals surface area contributed by atoms with Crippen LogP contribution in [0.2, 0.25) is 0 Å². The lowest BCUT2D eigenvalue weighted by atomic mass is 10.00. The van der Waals surface area contributed by atoms with E-state index < -0.39 is 0 Å². The number of carbonyl (C=O) groups excluding carboxylic acids is 2. The van der Waals surface area contributed by atoms with E-state index >= 15 is 0 Å². The van der Waals surface area contributed by atoms with Crippen LogP contribution in [-0.4, -0.2) is 88.1 Å². The lowest BCUT2D eigenvalue weighted by molar-refractivity contribution is -0.132. The van der Waals surface area contributed by atoms with Gasteiger partial charge in [0.25, 0.3) is 0 Å². The van der Waals surface area contributed by atoms with Crippen LogP contribution in [0.1, 0.15) is 74.2 Å². The van der Waals surface area contributed by atoms with E-state index in [1.807, 2.05) is 62.3 Å². The van der Waals surface area contributed by atoms with Gasteiger partial charge in [-0.1, -0.05) is 63.6 Å².